The Kier molecular flexibility index (Phi) is 46.4. The minimum atomic E-state index is -1.91. The van der Waals surface area contributed by atoms with Crippen LogP contribution in [-0.4, -0.2) is 166 Å². The Morgan fingerprint density at radius 1 is 0.610 bits per heavy atom. The van der Waals surface area contributed by atoms with Crippen molar-refractivity contribution in [2.24, 2.45) is 0 Å². The summed E-state index contributed by atoms with van der Waals surface area (Å²) >= 11 is 14.3. The van der Waals surface area contributed by atoms with E-state index < -0.39 is 59.0 Å². The third-order valence-electron chi connectivity index (χ3n) is 9.83. The van der Waals surface area contributed by atoms with Gasteiger partial charge in [0.15, 0.2) is 22.8 Å². The number of Topliss-reactive ketones (excluding diaryl/α,β-unsaturated/α-hetero) is 1. The van der Waals surface area contributed by atoms with E-state index in [1.807, 2.05) is 4.93 Å². The predicted octanol–water partition coefficient (Wildman–Crippen LogP) is 10.2. The third-order valence-corrected chi connectivity index (χ3v) is 9.83. The van der Waals surface area contributed by atoms with Gasteiger partial charge in [-0.1, -0.05) is 36.6 Å². The number of carbonyl (C=O) groups is 1. The van der Waals surface area contributed by atoms with Gasteiger partial charge in [-0.15, -0.1) is 0 Å². The van der Waals surface area contributed by atoms with Crippen LogP contribution in [0.2, 0.25) is 0 Å². The van der Waals surface area contributed by atoms with E-state index in [2.05, 4.69) is 134 Å². The number of methoxy groups -OCH3 is 9. The van der Waals surface area contributed by atoms with Gasteiger partial charge in [0.1, 0.15) is 6.10 Å². The van der Waals surface area contributed by atoms with Crippen LogP contribution in [0.25, 0.3) is 0 Å². The van der Waals surface area contributed by atoms with Crippen molar-refractivity contribution in [1.82, 2.24) is 0 Å². The van der Waals surface area contributed by atoms with Crippen LogP contribution in [-0.2, 0) is 61.8 Å². The number of rotatable bonds is 13. The molecule has 0 bridgehead atoms. The summed E-state index contributed by atoms with van der Waals surface area (Å²) in [6.45, 7) is 3.46. The average molecular weight is 1620 g/mol. The van der Waals surface area contributed by atoms with Crippen molar-refractivity contribution >= 4 is 128 Å². The van der Waals surface area contributed by atoms with Crippen molar-refractivity contribution in [3.63, 3.8) is 0 Å². The summed E-state index contributed by atoms with van der Waals surface area (Å²) in [5.74, 6) is -0.406. The van der Waals surface area contributed by atoms with Crippen molar-refractivity contribution in [3.05, 3.63) is 12.2 Å². The zero-order chi connectivity index (χ0) is 45.8. The van der Waals surface area contributed by atoms with E-state index >= 15 is 0 Å². The van der Waals surface area contributed by atoms with E-state index in [4.69, 9.17) is 37.9 Å². The van der Waals surface area contributed by atoms with Crippen LogP contribution in [0.1, 0.15) is 58.8 Å². The SMILES string of the molecule is C.C=C1CC[C@H](OC)[C@@]1(F)COC.CI.COCC1(F)[C@@H](OC)CC[C@@H]1OC.COC[C@@]1(F)C(=O)CC[C@@H]1OC.COC[C@]1(F)[C@@H](OC)CC[C@@H]1O.[I][V]([I])[I].[I][V][I]. The Balaban J connectivity index is -0.000000318. The first-order valence-corrected chi connectivity index (χ1v) is 42.3. The van der Waals surface area contributed by atoms with Crippen LogP contribution >= 0.6 is 122 Å². The molecule has 4 aliphatic rings. The van der Waals surface area contributed by atoms with E-state index in [1.165, 1.54) is 64.0 Å². The van der Waals surface area contributed by atoms with Crippen LogP contribution < -0.4 is 0 Å². The number of hydrogen-bond donors (Lipinski definition) is 1. The molecule has 1 N–H and O–H groups in total. The molecule has 11 nitrogen and oxygen atoms in total. The monoisotopic (exact) mass is 1610 g/mol. The molecular formula is C36H67F4I6O11V2. The summed E-state index contributed by atoms with van der Waals surface area (Å²) in [7, 11) is 13.8. The van der Waals surface area contributed by atoms with E-state index in [1.54, 1.807) is 0 Å². The molecule has 0 unspecified atom stereocenters. The first-order chi connectivity index (χ1) is 27.3. The van der Waals surface area contributed by atoms with Gasteiger partial charge in [0.2, 0.25) is 5.67 Å². The zero-order valence-electron chi connectivity index (χ0n) is 34.9. The van der Waals surface area contributed by atoms with Crippen molar-refractivity contribution in [1.29, 1.82) is 0 Å². The van der Waals surface area contributed by atoms with Gasteiger partial charge in [-0.05, 0) is 55.4 Å². The Hall–Kier alpha value is 4.28. The van der Waals surface area contributed by atoms with Gasteiger partial charge in [0.25, 0.3) is 0 Å². The van der Waals surface area contributed by atoms with Crippen molar-refractivity contribution in [3.8, 4) is 0 Å². The van der Waals surface area contributed by atoms with E-state index in [9.17, 15) is 27.5 Å². The molecule has 4 fully saturated rings. The summed E-state index contributed by atoms with van der Waals surface area (Å²) in [5, 5.41) is 9.35. The molecule has 0 amide bonds. The van der Waals surface area contributed by atoms with Crippen LogP contribution in [0.5, 0.6) is 0 Å². The number of carbonyl (C=O) groups excluding carboxylic acids is 1. The number of aliphatic hydroxyl groups is 1. The molecule has 4 aliphatic carbocycles. The summed E-state index contributed by atoms with van der Waals surface area (Å²) in [4.78, 5) is 12.8. The van der Waals surface area contributed by atoms with Crippen LogP contribution in [0.4, 0.5) is 17.6 Å². The van der Waals surface area contributed by atoms with Crippen LogP contribution in [0.15, 0.2) is 12.2 Å². The number of alkyl halides is 5. The molecule has 0 heterocycles. The molecule has 0 radical (unpaired) electrons. The topological polar surface area (TPSA) is 120 Å². The Morgan fingerprint density at radius 3 is 1.29 bits per heavy atom. The second-order valence-corrected chi connectivity index (χ2v) is 60.1. The van der Waals surface area contributed by atoms with Crippen molar-refractivity contribution in [2.75, 3.05) is 95.3 Å². The van der Waals surface area contributed by atoms with Crippen molar-refractivity contribution in [2.45, 2.75) is 118 Å². The quantitative estimate of drug-likeness (QED) is 0.0822. The molecule has 9 atom stereocenters. The first kappa shape index (κ1) is 69.8. The molecule has 0 aromatic rings. The van der Waals surface area contributed by atoms with Crippen molar-refractivity contribution < 1.29 is 84.5 Å². The normalized spacial score (nSPS) is 31.2. The molecule has 59 heavy (non-hydrogen) atoms. The van der Waals surface area contributed by atoms with Gasteiger partial charge in [0.05, 0.1) is 56.9 Å². The molecule has 23 heteroatoms. The number of aliphatic hydroxyl groups excluding tert-OH is 1. The molecule has 0 saturated heterocycles. The number of ether oxygens (including phenoxy) is 9. The Bertz CT molecular complexity index is 1030. The van der Waals surface area contributed by atoms with E-state index in [0.717, 1.165) is 0 Å². The van der Waals surface area contributed by atoms with Gasteiger partial charge in [0, 0.05) is 70.4 Å². The molecule has 0 spiro atoms. The zero-order valence-corrected chi connectivity index (χ0v) is 50.6. The molecule has 0 aromatic carbocycles. The molecule has 357 valence electrons. The summed E-state index contributed by atoms with van der Waals surface area (Å²) < 4.78 is 100.0. The van der Waals surface area contributed by atoms with Gasteiger partial charge in [-0.3, -0.25) is 4.79 Å². The summed E-state index contributed by atoms with van der Waals surface area (Å²) in [6.07, 6.45) is 1.15. The molecule has 0 aromatic heterocycles. The van der Waals surface area contributed by atoms with Gasteiger partial charge in [-0.2, -0.15) is 0 Å². The fourth-order valence-corrected chi connectivity index (χ4v) is 7.00. The number of hydrogen-bond acceptors (Lipinski definition) is 11. The van der Waals surface area contributed by atoms with E-state index in [-0.39, 0.29) is 51.3 Å². The fraction of sp³-hybridized carbons (Fsp3) is 0.917. The maximum atomic E-state index is 14.3. The Morgan fingerprint density at radius 2 is 0.915 bits per heavy atom. The third kappa shape index (κ3) is 23.4. The molecule has 4 saturated carbocycles. The van der Waals surface area contributed by atoms with Crippen LogP contribution in [0.3, 0.4) is 0 Å². The van der Waals surface area contributed by atoms with E-state index in [0.29, 0.717) is 60.0 Å². The van der Waals surface area contributed by atoms with Crippen LogP contribution in [0, 0.1) is 0 Å². The number of ketones is 1. The second-order valence-electron chi connectivity index (χ2n) is 13.0. The van der Waals surface area contributed by atoms with Gasteiger partial charge < -0.3 is 47.7 Å². The maximum absolute atomic E-state index is 14.3. The average Bonchev–Trinajstić information content (AvgIpc) is 3.85. The minimum absolute atomic E-state index is 0. The summed E-state index contributed by atoms with van der Waals surface area (Å²) in [6, 6.07) is 0. The molecule has 0 aliphatic heterocycles. The summed E-state index contributed by atoms with van der Waals surface area (Å²) in [5.41, 5.74) is -5.99. The standard InChI is InChI=1S/C9H17FO3.C9H15FO2.C8H15FO3.C8H13FO3.CH3I.CH4.5HI.2V/c1-11-6-9(10)7(12-2)4-5-8(9)13-3;1-7-4-5-8(12-3)9(7,10)6-11-2;2*1-11-5-8(9)6(10)3-4-7(8)12-2;1-2;;;;;;;;/h7-8H,4-6H2,1-3H3;8H,1,4-6H2,2-3H3;6-7,10H,3-5H2,1-2H3;7H,3-5H2,1-2H3;1H3;1H4;5*1H;;/q;;;;;;;;;;;+2;+3/p-5/t7-,8-;8-,9+;6-,7-,8+;7-,8+;;;;;;;;;/m0000........./s1. The Labute approximate surface area is 432 Å². The fourth-order valence-electron chi connectivity index (χ4n) is 7.00. The first-order valence-electron chi connectivity index (χ1n) is 17.6. The number of halogens is 10. The van der Waals surface area contributed by atoms with Gasteiger partial charge in [-0.25, -0.2) is 17.6 Å². The molecule has 4 rings (SSSR count). The second kappa shape index (κ2) is 39.2. The predicted molar refractivity (Wildman–Crippen MR) is 271 cm³/mol. The molecular weight excluding hydrogens is 1550 g/mol. The van der Waals surface area contributed by atoms with Gasteiger partial charge >= 0.3 is 114 Å².